The number of benzene rings is 2. The number of rotatable bonds is 4. The molecule has 4 nitrogen and oxygen atoms in total. The number of ether oxygens (including phenoxy) is 1. The van der Waals surface area contributed by atoms with Crippen molar-refractivity contribution in [2.45, 2.75) is 52.2 Å². The molecule has 2 aromatic carbocycles. The largest absolute Gasteiger partial charge is 0.457 e. The summed E-state index contributed by atoms with van der Waals surface area (Å²) in [6.07, 6.45) is -0.000668. The molecular weight excluding hydrogens is 424 g/mol. The number of halogens is 3. The zero-order valence-electron chi connectivity index (χ0n) is 17.8. The smallest absolute Gasteiger partial charge is 0.336 e. The highest BCUT2D eigenvalue weighted by molar-refractivity contribution is 6.31. The van der Waals surface area contributed by atoms with Gasteiger partial charge in [-0.2, -0.15) is 0 Å². The lowest BCUT2D eigenvalue weighted by Crippen LogP contribution is -2.39. The molecule has 0 saturated heterocycles. The minimum Gasteiger partial charge on any atom is -0.457 e. The normalized spacial score (nSPS) is 17.2. The van der Waals surface area contributed by atoms with Crippen molar-refractivity contribution in [3.63, 3.8) is 0 Å². The van der Waals surface area contributed by atoms with Gasteiger partial charge in [0.05, 0.1) is 12.1 Å². The Morgan fingerprint density at radius 3 is 2.45 bits per heavy atom. The molecule has 1 amide bonds. The van der Waals surface area contributed by atoms with Crippen LogP contribution in [0.5, 0.6) is 0 Å². The molecule has 1 heterocycles. The van der Waals surface area contributed by atoms with Gasteiger partial charge in [0.2, 0.25) is 5.91 Å². The predicted octanol–water partition coefficient (Wildman–Crippen LogP) is 5.75. The number of esters is 1. The van der Waals surface area contributed by atoms with Crippen LogP contribution in [0.15, 0.2) is 53.7 Å². The minimum atomic E-state index is -0.995. The van der Waals surface area contributed by atoms with Gasteiger partial charge in [-0.15, -0.1) is 0 Å². The first-order valence-electron chi connectivity index (χ1n) is 9.90. The van der Waals surface area contributed by atoms with Crippen LogP contribution in [0.25, 0.3) is 0 Å². The third kappa shape index (κ3) is 5.13. The van der Waals surface area contributed by atoms with Gasteiger partial charge in [0.1, 0.15) is 5.60 Å². The van der Waals surface area contributed by atoms with Gasteiger partial charge in [-0.1, -0.05) is 35.9 Å². The zero-order chi connectivity index (χ0) is 22.9. The van der Waals surface area contributed by atoms with E-state index < -0.39 is 29.1 Å². The quantitative estimate of drug-likeness (QED) is 0.560. The molecule has 31 heavy (non-hydrogen) atoms. The van der Waals surface area contributed by atoms with Crippen molar-refractivity contribution >= 4 is 23.5 Å². The second-order valence-electron chi connectivity index (χ2n) is 8.51. The van der Waals surface area contributed by atoms with Crippen LogP contribution in [-0.4, -0.2) is 22.4 Å². The number of allylic oxidation sites excluding steroid dienone is 1. The Labute approximate surface area is 185 Å². The molecule has 7 heteroatoms. The second kappa shape index (κ2) is 8.79. The summed E-state index contributed by atoms with van der Waals surface area (Å²) >= 11 is 6.38. The van der Waals surface area contributed by atoms with Gasteiger partial charge in [0.15, 0.2) is 11.6 Å². The maximum atomic E-state index is 13.7. The maximum Gasteiger partial charge on any atom is 0.336 e. The van der Waals surface area contributed by atoms with E-state index in [1.807, 2.05) is 0 Å². The SMILES string of the molecule is CC1=C(C(=O)OC(C)(C)C)C(c2ccccc2Cl)CC(=O)N1Cc1ccc(F)c(F)c1. The van der Waals surface area contributed by atoms with Gasteiger partial charge in [0.25, 0.3) is 0 Å². The molecule has 1 atom stereocenters. The molecule has 0 spiro atoms. The van der Waals surface area contributed by atoms with Crippen LogP contribution < -0.4 is 0 Å². The Bertz CT molecular complexity index is 1060. The number of carbonyl (C=O) groups excluding carboxylic acids is 2. The summed E-state index contributed by atoms with van der Waals surface area (Å²) in [5, 5.41) is 0.447. The van der Waals surface area contributed by atoms with Gasteiger partial charge in [-0.05, 0) is 57.0 Å². The Kier molecular flexibility index (Phi) is 6.51. The highest BCUT2D eigenvalue weighted by Crippen LogP contribution is 2.40. The maximum absolute atomic E-state index is 13.7. The van der Waals surface area contributed by atoms with Gasteiger partial charge < -0.3 is 9.64 Å². The van der Waals surface area contributed by atoms with Crippen LogP contribution in [0.4, 0.5) is 8.78 Å². The monoisotopic (exact) mass is 447 g/mol. The Balaban J connectivity index is 2.07. The molecular formula is C24H24ClF2NO3. The Hall–Kier alpha value is -2.73. The van der Waals surface area contributed by atoms with Crippen molar-refractivity contribution in [3.05, 3.63) is 81.5 Å². The van der Waals surface area contributed by atoms with E-state index in [9.17, 15) is 18.4 Å². The van der Waals surface area contributed by atoms with Gasteiger partial charge >= 0.3 is 5.97 Å². The Morgan fingerprint density at radius 1 is 1.16 bits per heavy atom. The van der Waals surface area contributed by atoms with E-state index in [-0.39, 0.29) is 18.9 Å². The summed E-state index contributed by atoms with van der Waals surface area (Å²) in [5.41, 5.74) is 1.06. The number of amides is 1. The van der Waals surface area contributed by atoms with E-state index >= 15 is 0 Å². The summed E-state index contributed by atoms with van der Waals surface area (Å²) in [6, 6.07) is 10.5. The number of nitrogens with zero attached hydrogens (tertiary/aromatic N) is 1. The molecule has 0 saturated carbocycles. The first kappa shape index (κ1) is 22.9. The summed E-state index contributed by atoms with van der Waals surface area (Å²) in [6.45, 7) is 6.94. The third-order valence-electron chi connectivity index (χ3n) is 5.05. The number of carbonyl (C=O) groups is 2. The van der Waals surface area contributed by atoms with Crippen molar-refractivity contribution in [2.75, 3.05) is 0 Å². The van der Waals surface area contributed by atoms with Crippen LogP contribution >= 0.6 is 11.6 Å². The summed E-state index contributed by atoms with van der Waals surface area (Å²) in [4.78, 5) is 27.6. The summed E-state index contributed by atoms with van der Waals surface area (Å²) in [7, 11) is 0. The average Bonchev–Trinajstić information content (AvgIpc) is 2.66. The average molecular weight is 448 g/mol. The van der Waals surface area contributed by atoms with E-state index in [2.05, 4.69) is 0 Å². The fourth-order valence-corrected chi connectivity index (χ4v) is 3.91. The Morgan fingerprint density at radius 2 is 1.84 bits per heavy atom. The van der Waals surface area contributed by atoms with E-state index in [0.29, 0.717) is 27.4 Å². The highest BCUT2D eigenvalue weighted by atomic mass is 35.5. The molecule has 0 aliphatic carbocycles. The van der Waals surface area contributed by atoms with Gasteiger partial charge in [-0.25, -0.2) is 13.6 Å². The standard InChI is InChI=1S/C24H24ClF2NO3/c1-14-22(23(30)31-24(2,3)4)17(16-7-5-6-8-18(16)25)12-21(29)28(14)13-15-9-10-19(26)20(27)11-15/h5-11,17H,12-13H2,1-4H3. The van der Waals surface area contributed by atoms with E-state index in [1.54, 1.807) is 52.0 Å². The first-order chi connectivity index (χ1) is 14.5. The van der Waals surface area contributed by atoms with Gasteiger partial charge in [-0.3, -0.25) is 4.79 Å². The van der Waals surface area contributed by atoms with Crippen LogP contribution in [0.1, 0.15) is 51.2 Å². The fraction of sp³-hybridized carbons (Fsp3) is 0.333. The molecule has 2 aromatic rings. The van der Waals surface area contributed by atoms with Crippen molar-refractivity contribution in [1.29, 1.82) is 0 Å². The molecule has 1 aliphatic heterocycles. The van der Waals surface area contributed by atoms with Gasteiger partial charge in [0, 0.05) is 23.1 Å². The molecule has 0 radical (unpaired) electrons. The molecule has 0 fully saturated rings. The van der Waals surface area contributed by atoms with Crippen molar-refractivity contribution < 1.29 is 23.1 Å². The molecule has 1 unspecified atom stereocenters. The molecule has 164 valence electrons. The zero-order valence-corrected chi connectivity index (χ0v) is 18.6. The first-order valence-corrected chi connectivity index (χ1v) is 10.3. The fourth-order valence-electron chi connectivity index (χ4n) is 3.64. The summed E-state index contributed by atoms with van der Waals surface area (Å²) < 4.78 is 32.6. The number of hydrogen-bond donors (Lipinski definition) is 0. The van der Waals surface area contributed by atoms with E-state index in [4.69, 9.17) is 16.3 Å². The van der Waals surface area contributed by atoms with Crippen LogP contribution in [0.2, 0.25) is 5.02 Å². The van der Waals surface area contributed by atoms with Crippen LogP contribution in [-0.2, 0) is 20.9 Å². The van der Waals surface area contributed by atoms with Crippen LogP contribution in [0.3, 0.4) is 0 Å². The molecule has 0 N–H and O–H groups in total. The number of hydrogen-bond acceptors (Lipinski definition) is 3. The van der Waals surface area contributed by atoms with Crippen molar-refractivity contribution in [1.82, 2.24) is 4.90 Å². The molecule has 3 rings (SSSR count). The molecule has 1 aliphatic rings. The lowest BCUT2D eigenvalue weighted by Gasteiger charge is -2.35. The second-order valence-corrected chi connectivity index (χ2v) is 8.91. The molecule has 0 bridgehead atoms. The molecule has 0 aromatic heterocycles. The van der Waals surface area contributed by atoms with Crippen molar-refractivity contribution in [2.24, 2.45) is 0 Å². The van der Waals surface area contributed by atoms with E-state index in [0.717, 1.165) is 12.1 Å². The highest BCUT2D eigenvalue weighted by Gasteiger charge is 2.38. The predicted molar refractivity (Wildman–Crippen MR) is 114 cm³/mol. The minimum absolute atomic E-state index is 0.000668. The summed E-state index contributed by atoms with van der Waals surface area (Å²) in [5.74, 6) is -3.33. The van der Waals surface area contributed by atoms with Crippen LogP contribution in [0, 0.1) is 11.6 Å². The third-order valence-corrected chi connectivity index (χ3v) is 5.39. The lowest BCUT2D eigenvalue weighted by atomic mass is 9.83. The van der Waals surface area contributed by atoms with E-state index in [1.165, 1.54) is 11.0 Å². The lowest BCUT2D eigenvalue weighted by molar-refractivity contribution is -0.150. The topological polar surface area (TPSA) is 46.6 Å². The van der Waals surface area contributed by atoms with Crippen molar-refractivity contribution in [3.8, 4) is 0 Å².